The summed E-state index contributed by atoms with van der Waals surface area (Å²) in [5.74, 6) is 6.10. The summed E-state index contributed by atoms with van der Waals surface area (Å²) < 4.78 is 4.74. The van der Waals surface area contributed by atoms with Crippen LogP contribution in [0.4, 0.5) is 4.79 Å². The highest BCUT2D eigenvalue weighted by atomic mass is 16.7. The third-order valence-corrected chi connectivity index (χ3v) is 11.4. The molecule has 0 saturated heterocycles. The number of hydrogen-bond acceptors (Lipinski definition) is 2. The van der Waals surface area contributed by atoms with E-state index in [0.29, 0.717) is 23.4 Å². The fourth-order valence-corrected chi connectivity index (χ4v) is 9.54. The molecule has 1 N–H and O–H groups in total. The van der Waals surface area contributed by atoms with E-state index in [1.165, 1.54) is 70.6 Å². The largest absolute Gasteiger partial charge is 0.505 e. The Labute approximate surface area is 209 Å². The predicted octanol–water partition coefficient (Wildman–Crippen LogP) is 9.12. The van der Waals surface area contributed by atoms with E-state index >= 15 is 0 Å². The van der Waals surface area contributed by atoms with Crippen LogP contribution in [0.2, 0.25) is 0 Å². The lowest BCUT2D eigenvalue weighted by atomic mass is 9.46. The summed E-state index contributed by atoms with van der Waals surface area (Å²) in [5.41, 5.74) is 2.74. The van der Waals surface area contributed by atoms with Gasteiger partial charge in [-0.25, -0.2) is 4.79 Å². The van der Waals surface area contributed by atoms with Crippen molar-refractivity contribution in [2.24, 2.45) is 52.3 Å². The van der Waals surface area contributed by atoms with Crippen LogP contribution in [0.3, 0.4) is 0 Å². The summed E-state index contributed by atoms with van der Waals surface area (Å²) >= 11 is 0. The molecule has 4 aliphatic rings. The lowest BCUT2D eigenvalue weighted by Crippen LogP contribution is -2.50. The Morgan fingerprint density at radius 3 is 2.59 bits per heavy atom. The second-order valence-electron chi connectivity index (χ2n) is 13.7. The molecule has 3 heteroatoms. The van der Waals surface area contributed by atoms with Crippen molar-refractivity contribution in [1.29, 1.82) is 0 Å². The quantitative estimate of drug-likeness (QED) is 0.207. The van der Waals surface area contributed by atoms with E-state index in [0.717, 1.165) is 48.3 Å². The molecule has 0 aromatic rings. The van der Waals surface area contributed by atoms with Crippen molar-refractivity contribution >= 4 is 6.16 Å². The first-order valence-corrected chi connectivity index (χ1v) is 14.7. The van der Waals surface area contributed by atoms with Crippen molar-refractivity contribution in [1.82, 2.24) is 0 Å². The van der Waals surface area contributed by atoms with E-state index in [4.69, 9.17) is 9.84 Å². The van der Waals surface area contributed by atoms with E-state index in [9.17, 15) is 4.79 Å². The summed E-state index contributed by atoms with van der Waals surface area (Å²) in [4.78, 5) is 10.6. The predicted molar refractivity (Wildman–Crippen MR) is 140 cm³/mol. The molecule has 0 aromatic heterocycles. The van der Waals surface area contributed by atoms with Gasteiger partial charge in [-0.15, -0.1) is 0 Å². The van der Waals surface area contributed by atoms with Crippen molar-refractivity contribution in [2.45, 2.75) is 118 Å². The van der Waals surface area contributed by atoms with Gasteiger partial charge in [-0.2, -0.15) is 0 Å². The second-order valence-corrected chi connectivity index (χ2v) is 13.7. The third kappa shape index (κ3) is 5.10. The molecule has 194 valence electrons. The van der Waals surface area contributed by atoms with E-state index in [2.05, 4.69) is 40.7 Å². The van der Waals surface area contributed by atoms with Crippen LogP contribution < -0.4 is 0 Å². The molecule has 0 aliphatic heterocycles. The number of carboxylic acid groups (broad SMARTS) is 1. The molecule has 3 saturated carbocycles. The van der Waals surface area contributed by atoms with Gasteiger partial charge in [-0.1, -0.05) is 65.5 Å². The lowest BCUT2D eigenvalue weighted by Gasteiger charge is -2.58. The van der Waals surface area contributed by atoms with E-state index in [1.807, 2.05) is 0 Å². The molecule has 0 spiro atoms. The molecule has 3 fully saturated rings. The van der Waals surface area contributed by atoms with Gasteiger partial charge in [-0.05, 0) is 116 Å². The maximum Gasteiger partial charge on any atom is 0.505 e. The van der Waals surface area contributed by atoms with Crippen LogP contribution in [-0.4, -0.2) is 17.9 Å². The SMILES string of the molecule is CC(C)CCC[C@@H](C)[C@H]1CCC2C3CC=C4CC(CCCOC(=O)O)CC[C@]4(C)C3CC[C@@]21C. The number of allylic oxidation sites excluding steroid dienone is 2. The molecular weight excluding hydrogens is 420 g/mol. The minimum atomic E-state index is -1.14. The van der Waals surface area contributed by atoms with Gasteiger partial charge < -0.3 is 9.84 Å². The first-order chi connectivity index (χ1) is 16.1. The first kappa shape index (κ1) is 26.1. The van der Waals surface area contributed by atoms with Crippen LogP contribution >= 0.6 is 0 Å². The van der Waals surface area contributed by atoms with Crippen molar-refractivity contribution in [3.63, 3.8) is 0 Å². The smallest absolute Gasteiger partial charge is 0.450 e. The van der Waals surface area contributed by atoms with E-state index < -0.39 is 6.16 Å². The number of fused-ring (bicyclic) bond motifs is 5. The normalized spacial score (nSPS) is 40.2. The molecule has 0 heterocycles. The van der Waals surface area contributed by atoms with Gasteiger partial charge in [0.1, 0.15) is 0 Å². The molecule has 4 aliphatic carbocycles. The van der Waals surface area contributed by atoms with Gasteiger partial charge >= 0.3 is 6.16 Å². The zero-order valence-electron chi connectivity index (χ0n) is 22.8. The molecular formula is C31H52O3. The van der Waals surface area contributed by atoms with Crippen LogP contribution in [0.15, 0.2) is 11.6 Å². The topological polar surface area (TPSA) is 46.5 Å². The Morgan fingerprint density at radius 2 is 1.85 bits per heavy atom. The highest BCUT2D eigenvalue weighted by Gasteiger charge is 2.59. The Morgan fingerprint density at radius 1 is 1.06 bits per heavy atom. The van der Waals surface area contributed by atoms with Gasteiger partial charge in [0, 0.05) is 0 Å². The Bertz CT molecular complexity index is 741. The summed E-state index contributed by atoms with van der Waals surface area (Å²) in [6, 6.07) is 0. The van der Waals surface area contributed by atoms with Crippen molar-refractivity contribution in [3.8, 4) is 0 Å². The second kappa shape index (κ2) is 10.6. The number of rotatable bonds is 9. The van der Waals surface area contributed by atoms with Crippen molar-refractivity contribution in [3.05, 3.63) is 11.6 Å². The Kier molecular flexibility index (Phi) is 8.10. The molecule has 4 rings (SSSR count). The minimum Gasteiger partial charge on any atom is -0.450 e. The van der Waals surface area contributed by atoms with Crippen molar-refractivity contribution in [2.75, 3.05) is 6.61 Å². The minimum absolute atomic E-state index is 0.351. The van der Waals surface area contributed by atoms with Crippen LogP contribution in [0.5, 0.6) is 0 Å². The molecule has 0 bridgehead atoms. The zero-order valence-corrected chi connectivity index (χ0v) is 22.8. The molecule has 0 amide bonds. The average molecular weight is 473 g/mol. The van der Waals surface area contributed by atoms with Gasteiger partial charge in [0.15, 0.2) is 0 Å². The van der Waals surface area contributed by atoms with Crippen molar-refractivity contribution < 1.29 is 14.6 Å². The maximum absolute atomic E-state index is 10.6. The lowest BCUT2D eigenvalue weighted by molar-refractivity contribution is -0.0530. The van der Waals surface area contributed by atoms with Crippen LogP contribution in [-0.2, 0) is 4.74 Å². The molecule has 0 aromatic carbocycles. The summed E-state index contributed by atoms with van der Waals surface area (Å²) in [6.07, 6.45) is 18.8. The monoisotopic (exact) mass is 472 g/mol. The van der Waals surface area contributed by atoms with Gasteiger partial charge in [0.25, 0.3) is 0 Å². The summed E-state index contributed by atoms with van der Waals surface area (Å²) in [5, 5.41) is 8.70. The molecule has 34 heavy (non-hydrogen) atoms. The fourth-order valence-electron chi connectivity index (χ4n) is 9.54. The molecule has 3 nitrogen and oxygen atoms in total. The summed E-state index contributed by atoms with van der Waals surface area (Å²) in [7, 11) is 0. The fraction of sp³-hybridized carbons (Fsp3) is 0.903. The maximum atomic E-state index is 10.6. The van der Waals surface area contributed by atoms with Crippen LogP contribution in [0, 0.1) is 52.3 Å². The van der Waals surface area contributed by atoms with E-state index in [1.54, 1.807) is 5.57 Å². The van der Waals surface area contributed by atoms with Gasteiger partial charge in [0.05, 0.1) is 6.61 Å². The summed E-state index contributed by atoms with van der Waals surface area (Å²) in [6.45, 7) is 13.0. The number of carbonyl (C=O) groups is 1. The molecule has 8 atom stereocenters. The average Bonchev–Trinajstić information content (AvgIpc) is 3.13. The Balaban J connectivity index is 1.38. The molecule has 0 radical (unpaired) electrons. The van der Waals surface area contributed by atoms with Crippen LogP contribution in [0.25, 0.3) is 0 Å². The van der Waals surface area contributed by atoms with Gasteiger partial charge in [0.2, 0.25) is 0 Å². The highest BCUT2D eigenvalue weighted by Crippen LogP contribution is 2.67. The van der Waals surface area contributed by atoms with Crippen LogP contribution in [0.1, 0.15) is 118 Å². The highest BCUT2D eigenvalue weighted by molar-refractivity contribution is 5.56. The van der Waals surface area contributed by atoms with Gasteiger partial charge in [-0.3, -0.25) is 0 Å². The standard InChI is InChI=1S/C31H52O3/c1-21(2)8-6-9-22(3)26-13-14-27-25-12-11-24-20-23(10-7-19-34-29(32)33)15-17-30(24,4)28(25)16-18-31(26,27)5/h11,21-23,25-28H,6-10,12-20H2,1-5H3,(H,32,33)/t22-,23?,25?,26-,27?,28?,30+,31-/m1/s1. The number of ether oxygens (including phenoxy) is 1. The molecule has 4 unspecified atom stereocenters. The van der Waals surface area contributed by atoms with E-state index in [-0.39, 0.29) is 0 Å². The Hall–Kier alpha value is -0.990. The zero-order chi connectivity index (χ0) is 24.5. The third-order valence-electron chi connectivity index (χ3n) is 11.4. The first-order valence-electron chi connectivity index (χ1n) is 14.7. The number of hydrogen-bond donors (Lipinski definition) is 1.